The molecule has 2 aromatic carbocycles. The second-order valence-electron chi connectivity index (χ2n) is 5.43. The number of hydrogen-bond donors (Lipinski definition) is 0. The van der Waals surface area contributed by atoms with E-state index in [1.165, 1.54) is 0 Å². The molecule has 0 unspecified atom stereocenters. The number of rotatable bonds is 3. The summed E-state index contributed by atoms with van der Waals surface area (Å²) in [5.74, 6) is 0. The monoisotopic (exact) mass is 370 g/mol. The Morgan fingerprint density at radius 1 is 1.00 bits per heavy atom. The third kappa shape index (κ3) is 2.92. The molecular weight excluding hydrogens is 356 g/mol. The van der Waals surface area contributed by atoms with Crippen LogP contribution in [0.4, 0.5) is 5.69 Å². The summed E-state index contributed by atoms with van der Waals surface area (Å²) in [7, 11) is 0. The molecule has 0 amide bonds. The molecule has 0 N–H and O–H groups in total. The van der Waals surface area contributed by atoms with Crippen LogP contribution in [0.25, 0.3) is 16.9 Å². The normalized spacial score (nSPS) is 10.7. The van der Waals surface area contributed by atoms with Gasteiger partial charge < -0.3 is 4.57 Å². The van der Waals surface area contributed by atoms with Crippen molar-refractivity contribution in [1.29, 1.82) is 0 Å². The van der Waals surface area contributed by atoms with Crippen molar-refractivity contribution >= 4 is 21.6 Å². The maximum Gasteiger partial charge on any atom is 0.274 e. The van der Waals surface area contributed by atoms with Gasteiger partial charge in [0.25, 0.3) is 5.69 Å². The summed E-state index contributed by atoms with van der Waals surface area (Å²) in [6.45, 7) is 3.74. The molecule has 5 heteroatoms. The van der Waals surface area contributed by atoms with E-state index in [0.717, 1.165) is 27.1 Å². The average Bonchev–Trinajstić information content (AvgIpc) is 2.90. The zero-order valence-electron chi connectivity index (χ0n) is 12.8. The van der Waals surface area contributed by atoms with E-state index < -0.39 is 0 Å². The second-order valence-corrected chi connectivity index (χ2v) is 6.35. The van der Waals surface area contributed by atoms with Gasteiger partial charge in [-0.3, -0.25) is 10.1 Å². The van der Waals surface area contributed by atoms with Gasteiger partial charge in [0.1, 0.15) is 0 Å². The van der Waals surface area contributed by atoms with Crippen LogP contribution in [-0.4, -0.2) is 9.49 Å². The summed E-state index contributed by atoms with van der Waals surface area (Å²) in [4.78, 5) is 10.9. The number of nitro benzene ring substituents is 1. The van der Waals surface area contributed by atoms with Crippen molar-refractivity contribution in [2.24, 2.45) is 0 Å². The third-order valence-corrected chi connectivity index (χ3v) is 4.39. The maximum atomic E-state index is 11.2. The summed E-state index contributed by atoms with van der Waals surface area (Å²) < 4.78 is 3.05. The molecule has 1 aromatic heterocycles. The molecule has 0 atom stereocenters. The van der Waals surface area contributed by atoms with Gasteiger partial charge in [0.05, 0.1) is 16.3 Å². The topological polar surface area (TPSA) is 48.1 Å². The maximum absolute atomic E-state index is 11.2. The van der Waals surface area contributed by atoms with Crippen LogP contribution >= 0.6 is 15.9 Å². The van der Waals surface area contributed by atoms with Gasteiger partial charge in [-0.25, -0.2) is 0 Å². The van der Waals surface area contributed by atoms with Gasteiger partial charge in [-0.15, -0.1) is 0 Å². The van der Waals surface area contributed by atoms with Crippen LogP contribution in [0.3, 0.4) is 0 Å². The van der Waals surface area contributed by atoms with E-state index in [-0.39, 0.29) is 10.6 Å². The van der Waals surface area contributed by atoms with Crippen LogP contribution in [0.15, 0.2) is 59.1 Å². The molecule has 3 rings (SSSR count). The van der Waals surface area contributed by atoms with Gasteiger partial charge >= 0.3 is 0 Å². The first-order valence-electron chi connectivity index (χ1n) is 7.17. The molecule has 23 heavy (non-hydrogen) atoms. The highest BCUT2D eigenvalue weighted by molar-refractivity contribution is 9.10. The fourth-order valence-electron chi connectivity index (χ4n) is 2.66. The Morgan fingerprint density at radius 2 is 1.70 bits per heavy atom. The number of nitrogens with zero attached hydrogens (tertiary/aromatic N) is 2. The lowest BCUT2D eigenvalue weighted by Crippen LogP contribution is -2.01. The first-order chi connectivity index (χ1) is 11.0. The fraction of sp³-hybridized carbons (Fsp3) is 0.111. The Labute approximate surface area is 142 Å². The van der Waals surface area contributed by atoms with E-state index in [4.69, 9.17) is 0 Å². The molecule has 0 spiro atoms. The molecule has 1 heterocycles. The lowest BCUT2D eigenvalue weighted by Gasteiger charge is -2.13. The number of hydrogen-bond acceptors (Lipinski definition) is 2. The molecule has 3 aromatic rings. The Balaban J connectivity index is 2.18. The van der Waals surface area contributed by atoms with E-state index in [0.29, 0.717) is 5.56 Å². The minimum absolute atomic E-state index is 0.136. The molecular formula is C18H15BrN2O2. The van der Waals surface area contributed by atoms with Crippen LogP contribution in [0, 0.1) is 24.0 Å². The van der Waals surface area contributed by atoms with Crippen LogP contribution in [-0.2, 0) is 0 Å². The van der Waals surface area contributed by atoms with Gasteiger partial charge in [0.2, 0.25) is 0 Å². The van der Waals surface area contributed by atoms with Crippen LogP contribution in [0.5, 0.6) is 0 Å². The predicted octanol–water partition coefficient (Wildman–Crippen LogP) is 5.43. The van der Waals surface area contributed by atoms with Gasteiger partial charge in [-0.1, -0.05) is 34.1 Å². The van der Waals surface area contributed by atoms with Crippen molar-refractivity contribution in [1.82, 2.24) is 4.57 Å². The van der Waals surface area contributed by atoms with Crippen LogP contribution in [0.1, 0.15) is 11.3 Å². The molecule has 0 saturated carbocycles. The van der Waals surface area contributed by atoms with Gasteiger partial charge in [-0.2, -0.15) is 0 Å². The Morgan fingerprint density at radius 3 is 2.35 bits per heavy atom. The SMILES string of the molecule is Cc1ccc(-n2c(C)ccc2-c2ccc(Br)cc2)cc1[N+](=O)[O-]. The Hall–Kier alpha value is -2.40. The van der Waals surface area contributed by atoms with E-state index >= 15 is 0 Å². The highest BCUT2D eigenvalue weighted by atomic mass is 79.9. The zero-order valence-corrected chi connectivity index (χ0v) is 14.4. The third-order valence-electron chi connectivity index (χ3n) is 3.86. The zero-order chi connectivity index (χ0) is 16.6. The predicted molar refractivity (Wildman–Crippen MR) is 95.0 cm³/mol. The summed E-state index contributed by atoms with van der Waals surface area (Å²) in [5, 5.41) is 11.2. The van der Waals surface area contributed by atoms with Crippen molar-refractivity contribution in [3.8, 4) is 16.9 Å². The molecule has 0 saturated heterocycles. The van der Waals surface area contributed by atoms with E-state index in [9.17, 15) is 10.1 Å². The largest absolute Gasteiger partial charge is 0.314 e. The van der Waals surface area contributed by atoms with Crippen molar-refractivity contribution in [2.45, 2.75) is 13.8 Å². The molecule has 0 fully saturated rings. The average molecular weight is 371 g/mol. The van der Waals surface area contributed by atoms with Gasteiger partial charge in [0, 0.05) is 21.8 Å². The summed E-state index contributed by atoms with van der Waals surface area (Å²) in [6.07, 6.45) is 0. The number of aromatic nitrogens is 1. The van der Waals surface area contributed by atoms with Crippen molar-refractivity contribution in [2.75, 3.05) is 0 Å². The molecule has 0 aliphatic rings. The summed E-state index contributed by atoms with van der Waals surface area (Å²) in [6, 6.07) is 17.4. The molecule has 116 valence electrons. The Kier molecular flexibility index (Phi) is 4.05. The highest BCUT2D eigenvalue weighted by Crippen LogP contribution is 2.30. The summed E-state index contributed by atoms with van der Waals surface area (Å²) >= 11 is 3.44. The minimum atomic E-state index is -0.336. The van der Waals surface area contributed by atoms with E-state index in [1.807, 2.05) is 54.0 Å². The summed E-state index contributed by atoms with van der Waals surface area (Å²) in [5.41, 5.74) is 4.69. The quantitative estimate of drug-likeness (QED) is 0.455. The smallest absolute Gasteiger partial charge is 0.274 e. The van der Waals surface area contributed by atoms with Crippen molar-refractivity contribution in [3.63, 3.8) is 0 Å². The molecule has 0 aliphatic heterocycles. The lowest BCUT2D eigenvalue weighted by atomic mass is 10.1. The standard InChI is InChI=1S/C18H15BrN2O2/c1-12-3-9-16(11-18(12)21(22)23)20-13(2)4-10-17(20)14-5-7-15(19)8-6-14/h3-11H,1-2H3. The van der Waals surface area contributed by atoms with Crippen molar-refractivity contribution < 1.29 is 4.92 Å². The number of benzene rings is 2. The number of aryl methyl sites for hydroxylation is 2. The molecule has 0 aliphatic carbocycles. The Bertz CT molecular complexity index is 883. The van der Waals surface area contributed by atoms with Crippen molar-refractivity contribution in [3.05, 3.63) is 80.4 Å². The van der Waals surface area contributed by atoms with Gasteiger partial charge in [0.15, 0.2) is 0 Å². The highest BCUT2D eigenvalue weighted by Gasteiger charge is 2.15. The minimum Gasteiger partial charge on any atom is -0.314 e. The van der Waals surface area contributed by atoms with Gasteiger partial charge in [-0.05, 0) is 49.7 Å². The van der Waals surface area contributed by atoms with E-state index in [1.54, 1.807) is 19.1 Å². The molecule has 0 bridgehead atoms. The second kappa shape index (κ2) is 6.01. The first kappa shape index (κ1) is 15.5. The number of nitro groups is 1. The first-order valence-corrected chi connectivity index (χ1v) is 7.96. The fourth-order valence-corrected chi connectivity index (χ4v) is 2.93. The number of halogens is 1. The molecule has 4 nitrogen and oxygen atoms in total. The lowest BCUT2D eigenvalue weighted by molar-refractivity contribution is -0.385. The molecule has 0 radical (unpaired) electrons. The van der Waals surface area contributed by atoms with Crippen LogP contribution in [0.2, 0.25) is 0 Å². The van der Waals surface area contributed by atoms with Crippen LogP contribution < -0.4 is 0 Å². The van der Waals surface area contributed by atoms with E-state index in [2.05, 4.69) is 15.9 Å².